The molecule has 2 aliphatic heterocycles. The van der Waals surface area contributed by atoms with Crippen LogP contribution in [0.1, 0.15) is 50.3 Å². The average molecular weight is 356 g/mol. The number of anilines is 1. The summed E-state index contributed by atoms with van der Waals surface area (Å²) in [4.78, 5) is 4.82. The maximum absolute atomic E-state index is 5.88. The van der Waals surface area contributed by atoms with Gasteiger partial charge in [0.1, 0.15) is 5.82 Å². The van der Waals surface area contributed by atoms with Crippen molar-refractivity contribution in [3.05, 3.63) is 18.0 Å². The van der Waals surface area contributed by atoms with Crippen molar-refractivity contribution in [1.82, 2.24) is 24.7 Å². The second kappa shape index (κ2) is 6.78. The fraction of sp³-hybridized carbons (Fsp3) is 0.737. The van der Waals surface area contributed by atoms with E-state index >= 15 is 0 Å². The molecule has 4 heterocycles. The van der Waals surface area contributed by atoms with Gasteiger partial charge in [-0.05, 0) is 51.3 Å². The maximum atomic E-state index is 5.88. The van der Waals surface area contributed by atoms with E-state index in [0.717, 1.165) is 43.5 Å². The number of rotatable bonds is 5. The minimum Gasteiger partial charge on any atom is -0.377 e. The summed E-state index contributed by atoms with van der Waals surface area (Å²) >= 11 is 0. The lowest BCUT2D eigenvalue weighted by molar-refractivity contribution is -0.0102. The molecule has 5 rings (SSSR count). The van der Waals surface area contributed by atoms with E-state index in [1.54, 1.807) is 0 Å². The van der Waals surface area contributed by atoms with Crippen LogP contribution in [0.2, 0.25) is 0 Å². The molecule has 2 aromatic rings. The van der Waals surface area contributed by atoms with Crippen LogP contribution in [-0.2, 0) is 4.74 Å². The van der Waals surface area contributed by atoms with Crippen molar-refractivity contribution in [2.24, 2.45) is 0 Å². The molecule has 1 atom stereocenters. The van der Waals surface area contributed by atoms with Gasteiger partial charge < -0.3 is 9.64 Å². The van der Waals surface area contributed by atoms with Crippen molar-refractivity contribution in [3.8, 4) is 0 Å². The molecular formula is C19H28N6O. The standard InChI is InChI=1S/C19H28N6O/c1-23(13-16-7-2-3-10-26-16)15-11-24(12-15)18-9-8-17-20-21-19(25(17)22-18)14-5-4-6-14/h8-9,14-16H,2-7,10-13H2,1H3. The summed E-state index contributed by atoms with van der Waals surface area (Å²) in [6, 6.07) is 4.71. The maximum Gasteiger partial charge on any atom is 0.178 e. The molecule has 140 valence electrons. The van der Waals surface area contributed by atoms with Crippen molar-refractivity contribution < 1.29 is 4.74 Å². The third-order valence-corrected chi connectivity index (χ3v) is 6.32. The fourth-order valence-electron chi connectivity index (χ4n) is 4.23. The number of hydrogen-bond donors (Lipinski definition) is 0. The minimum atomic E-state index is 0.416. The van der Waals surface area contributed by atoms with E-state index in [0.29, 0.717) is 18.1 Å². The van der Waals surface area contributed by atoms with Crippen LogP contribution in [0.5, 0.6) is 0 Å². The summed E-state index contributed by atoms with van der Waals surface area (Å²) in [5.41, 5.74) is 0.860. The Balaban J connectivity index is 1.22. The predicted molar refractivity (Wildman–Crippen MR) is 99.6 cm³/mol. The molecule has 0 aromatic carbocycles. The van der Waals surface area contributed by atoms with E-state index in [1.807, 2.05) is 10.6 Å². The zero-order chi connectivity index (χ0) is 17.5. The summed E-state index contributed by atoms with van der Waals surface area (Å²) in [6.07, 6.45) is 7.87. The molecule has 26 heavy (non-hydrogen) atoms. The van der Waals surface area contributed by atoms with Crippen molar-refractivity contribution in [2.75, 3.05) is 38.2 Å². The summed E-state index contributed by atoms with van der Waals surface area (Å²) in [5.74, 6) is 2.62. The molecule has 2 saturated heterocycles. The molecule has 0 bridgehead atoms. The third kappa shape index (κ3) is 2.97. The summed E-state index contributed by atoms with van der Waals surface area (Å²) in [7, 11) is 2.23. The monoisotopic (exact) mass is 356 g/mol. The Morgan fingerprint density at radius 2 is 2.00 bits per heavy atom. The molecule has 7 nitrogen and oxygen atoms in total. The Morgan fingerprint density at radius 1 is 1.12 bits per heavy atom. The molecule has 7 heteroatoms. The number of aromatic nitrogens is 4. The summed E-state index contributed by atoms with van der Waals surface area (Å²) in [5, 5.41) is 13.5. The quantitative estimate of drug-likeness (QED) is 0.818. The molecule has 1 saturated carbocycles. The first kappa shape index (κ1) is 16.4. The summed E-state index contributed by atoms with van der Waals surface area (Å²) in [6.45, 7) is 4.04. The number of hydrogen-bond acceptors (Lipinski definition) is 6. The zero-order valence-corrected chi connectivity index (χ0v) is 15.5. The number of fused-ring (bicyclic) bond motifs is 1. The van der Waals surface area contributed by atoms with Crippen LogP contribution in [0.25, 0.3) is 5.65 Å². The Labute approximate surface area is 154 Å². The number of likely N-dealkylation sites (N-methyl/N-ethyl adjacent to an activating group) is 1. The second-order valence-corrected chi connectivity index (χ2v) is 8.13. The first-order valence-electron chi connectivity index (χ1n) is 10.1. The Hall–Kier alpha value is -1.73. The van der Waals surface area contributed by atoms with Crippen LogP contribution in [-0.4, -0.2) is 70.1 Å². The van der Waals surface area contributed by atoms with Gasteiger partial charge in [-0.25, -0.2) is 0 Å². The van der Waals surface area contributed by atoms with Crippen molar-refractivity contribution in [2.45, 2.75) is 56.6 Å². The van der Waals surface area contributed by atoms with E-state index in [1.165, 1.54) is 38.5 Å². The van der Waals surface area contributed by atoms with Gasteiger partial charge in [-0.3, -0.25) is 4.90 Å². The van der Waals surface area contributed by atoms with Crippen molar-refractivity contribution >= 4 is 11.5 Å². The smallest absolute Gasteiger partial charge is 0.178 e. The zero-order valence-electron chi connectivity index (χ0n) is 15.5. The molecule has 1 unspecified atom stereocenters. The molecule has 3 aliphatic rings. The van der Waals surface area contributed by atoms with Gasteiger partial charge in [-0.1, -0.05) is 6.42 Å². The van der Waals surface area contributed by atoms with Gasteiger partial charge in [0.15, 0.2) is 11.5 Å². The number of ether oxygens (including phenoxy) is 1. The van der Waals surface area contributed by atoms with E-state index in [4.69, 9.17) is 9.84 Å². The highest BCUT2D eigenvalue weighted by Gasteiger charge is 2.33. The van der Waals surface area contributed by atoms with E-state index in [2.05, 4.69) is 33.1 Å². The topological polar surface area (TPSA) is 58.8 Å². The van der Waals surface area contributed by atoms with Gasteiger partial charge in [-0.2, -0.15) is 4.52 Å². The third-order valence-electron chi connectivity index (χ3n) is 6.32. The SMILES string of the molecule is CN(CC1CCCCO1)C1CN(c2ccc3nnc(C4CCC4)n3n2)C1. The van der Waals surface area contributed by atoms with Crippen LogP contribution in [0.4, 0.5) is 5.82 Å². The summed E-state index contributed by atoms with van der Waals surface area (Å²) < 4.78 is 7.85. The first-order chi connectivity index (χ1) is 12.8. The normalized spacial score (nSPS) is 24.8. The van der Waals surface area contributed by atoms with E-state index in [-0.39, 0.29) is 0 Å². The largest absolute Gasteiger partial charge is 0.377 e. The second-order valence-electron chi connectivity index (χ2n) is 8.13. The van der Waals surface area contributed by atoms with Gasteiger partial charge in [0.05, 0.1) is 6.10 Å². The Kier molecular flexibility index (Phi) is 4.29. The molecule has 0 amide bonds. The molecule has 1 aliphatic carbocycles. The Morgan fingerprint density at radius 3 is 2.73 bits per heavy atom. The molecule has 0 spiro atoms. The van der Waals surface area contributed by atoms with Gasteiger partial charge in [0.25, 0.3) is 0 Å². The van der Waals surface area contributed by atoms with E-state index < -0.39 is 0 Å². The highest BCUT2D eigenvalue weighted by atomic mass is 16.5. The van der Waals surface area contributed by atoms with Crippen LogP contribution in [0.3, 0.4) is 0 Å². The van der Waals surface area contributed by atoms with Gasteiger partial charge >= 0.3 is 0 Å². The highest BCUT2D eigenvalue weighted by molar-refractivity contribution is 5.48. The Bertz CT molecular complexity index is 760. The minimum absolute atomic E-state index is 0.416. The van der Waals surface area contributed by atoms with Crippen LogP contribution >= 0.6 is 0 Å². The first-order valence-corrected chi connectivity index (χ1v) is 10.1. The lowest BCUT2D eigenvalue weighted by Crippen LogP contribution is -2.60. The van der Waals surface area contributed by atoms with Crippen molar-refractivity contribution in [3.63, 3.8) is 0 Å². The van der Waals surface area contributed by atoms with Gasteiger partial charge in [0, 0.05) is 38.2 Å². The number of nitrogens with zero attached hydrogens (tertiary/aromatic N) is 6. The molecule has 0 radical (unpaired) electrons. The van der Waals surface area contributed by atoms with Crippen LogP contribution < -0.4 is 4.90 Å². The molecular weight excluding hydrogens is 328 g/mol. The lowest BCUT2D eigenvalue weighted by atomic mass is 9.85. The van der Waals surface area contributed by atoms with Gasteiger partial charge in [-0.15, -0.1) is 15.3 Å². The van der Waals surface area contributed by atoms with E-state index in [9.17, 15) is 0 Å². The molecule has 2 aromatic heterocycles. The predicted octanol–water partition coefficient (Wildman–Crippen LogP) is 2.08. The van der Waals surface area contributed by atoms with Crippen molar-refractivity contribution in [1.29, 1.82) is 0 Å². The lowest BCUT2D eigenvalue weighted by Gasteiger charge is -2.45. The van der Waals surface area contributed by atoms with Gasteiger partial charge in [0.2, 0.25) is 0 Å². The highest BCUT2D eigenvalue weighted by Crippen LogP contribution is 2.35. The average Bonchev–Trinajstić information content (AvgIpc) is 2.96. The molecule has 0 N–H and O–H groups in total. The van der Waals surface area contributed by atoms with Crippen LogP contribution in [0, 0.1) is 0 Å². The fourth-order valence-corrected chi connectivity index (χ4v) is 4.23. The van der Waals surface area contributed by atoms with Crippen LogP contribution in [0.15, 0.2) is 12.1 Å². The molecule has 3 fully saturated rings.